The third-order valence-electron chi connectivity index (χ3n) is 3.84. The summed E-state index contributed by atoms with van der Waals surface area (Å²) in [6.07, 6.45) is 0. The molecule has 5 nitrogen and oxygen atoms in total. The second-order valence-electron chi connectivity index (χ2n) is 5.79. The van der Waals surface area contributed by atoms with Gasteiger partial charge >= 0.3 is 0 Å². The number of amides is 2. The number of likely N-dealkylation sites (N-methyl/N-ethyl adjacent to an activating group) is 1. The van der Waals surface area contributed by atoms with Crippen molar-refractivity contribution in [1.82, 2.24) is 4.90 Å². The van der Waals surface area contributed by atoms with E-state index in [2.05, 4.69) is 5.32 Å². The number of ether oxygens (including phenoxy) is 1. The van der Waals surface area contributed by atoms with Crippen molar-refractivity contribution < 1.29 is 14.3 Å². The van der Waals surface area contributed by atoms with Gasteiger partial charge < -0.3 is 15.0 Å². The molecular weight excluding hydrogens is 340 g/mol. The molecule has 0 radical (unpaired) electrons. The van der Waals surface area contributed by atoms with Crippen molar-refractivity contribution in [3.05, 3.63) is 58.6 Å². The number of hydrogen-bond acceptors (Lipinski definition) is 3. The van der Waals surface area contributed by atoms with Crippen LogP contribution in [0, 0.1) is 13.8 Å². The summed E-state index contributed by atoms with van der Waals surface area (Å²) in [5.74, 6) is -0.0440. The number of nitrogens with zero attached hydrogens (tertiary/aromatic N) is 1. The maximum absolute atomic E-state index is 12.1. The normalized spacial score (nSPS) is 10.2. The Morgan fingerprint density at radius 3 is 2.60 bits per heavy atom. The van der Waals surface area contributed by atoms with Crippen molar-refractivity contribution in [2.24, 2.45) is 0 Å². The highest BCUT2D eigenvalue weighted by molar-refractivity contribution is 6.30. The largest absolute Gasteiger partial charge is 0.484 e. The van der Waals surface area contributed by atoms with E-state index >= 15 is 0 Å². The minimum Gasteiger partial charge on any atom is -0.484 e. The van der Waals surface area contributed by atoms with Crippen molar-refractivity contribution in [3.63, 3.8) is 0 Å². The molecule has 0 spiro atoms. The minimum atomic E-state index is -0.295. The summed E-state index contributed by atoms with van der Waals surface area (Å²) in [6, 6.07) is 12.5. The van der Waals surface area contributed by atoms with Crippen LogP contribution in [0.2, 0.25) is 5.02 Å². The van der Waals surface area contributed by atoms with Gasteiger partial charge in [-0.25, -0.2) is 0 Å². The highest BCUT2D eigenvalue weighted by atomic mass is 35.5. The molecule has 1 N–H and O–H groups in total. The van der Waals surface area contributed by atoms with E-state index in [0.29, 0.717) is 10.8 Å². The van der Waals surface area contributed by atoms with E-state index in [9.17, 15) is 9.59 Å². The zero-order valence-electron chi connectivity index (χ0n) is 14.5. The van der Waals surface area contributed by atoms with Gasteiger partial charge in [0.2, 0.25) is 5.91 Å². The Balaban J connectivity index is 1.85. The Labute approximate surface area is 152 Å². The van der Waals surface area contributed by atoms with Crippen LogP contribution in [0.1, 0.15) is 11.1 Å². The fraction of sp³-hybridized carbons (Fsp3) is 0.263. The van der Waals surface area contributed by atoms with Crippen LogP contribution in [-0.4, -0.2) is 36.9 Å². The minimum absolute atomic E-state index is 0.0505. The molecule has 0 aliphatic rings. The Kier molecular flexibility index (Phi) is 6.42. The molecule has 0 atom stereocenters. The summed E-state index contributed by atoms with van der Waals surface area (Å²) in [6.45, 7) is 3.71. The summed E-state index contributed by atoms with van der Waals surface area (Å²) in [7, 11) is 1.56. The first-order valence-electron chi connectivity index (χ1n) is 7.85. The second kappa shape index (κ2) is 8.53. The standard InChI is InChI=1S/C19H21ClN2O3/c1-13-6-4-9-17(14(13)2)21-18(23)11-22(3)19(24)12-25-16-8-5-7-15(20)10-16/h4-10H,11-12H2,1-3H3,(H,21,23). The van der Waals surface area contributed by atoms with Gasteiger partial charge in [-0.15, -0.1) is 0 Å². The van der Waals surface area contributed by atoms with Crippen molar-refractivity contribution >= 4 is 29.1 Å². The summed E-state index contributed by atoms with van der Waals surface area (Å²) in [5, 5.41) is 3.36. The van der Waals surface area contributed by atoms with Gasteiger partial charge in [0.05, 0.1) is 6.54 Å². The lowest BCUT2D eigenvalue weighted by Gasteiger charge is -2.18. The first kappa shape index (κ1) is 18.8. The molecule has 6 heteroatoms. The molecule has 0 fully saturated rings. The van der Waals surface area contributed by atoms with E-state index in [1.165, 1.54) is 4.90 Å². The van der Waals surface area contributed by atoms with Crippen molar-refractivity contribution in [1.29, 1.82) is 0 Å². The molecule has 0 heterocycles. The summed E-state index contributed by atoms with van der Waals surface area (Å²) < 4.78 is 5.40. The van der Waals surface area contributed by atoms with E-state index in [1.807, 2.05) is 32.0 Å². The molecule has 0 bridgehead atoms. The Hall–Kier alpha value is -2.53. The van der Waals surface area contributed by atoms with E-state index < -0.39 is 0 Å². The van der Waals surface area contributed by atoms with Gasteiger partial charge in [0.1, 0.15) is 5.75 Å². The molecule has 0 saturated carbocycles. The maximum Gasteiger partial charge on any atom is 0.260 e. The first-order chi connectivity index (χ1) is 11.9. The van der Waals surface area contributed by atoms with E-state index in [-0.39, 0.29) is 25.0 Å². The van der Waals surface area contributed by atoms with Gasteiger partial charge in [-0.2, -0.15) is 0 Å². The highest BCUT2D eigenvalue weighted by Gasteiger charge is 2.14. The molecule has 2 rings (SSSR count). The average molecular weight is 361 g/mol. The molecule has 0 aromatic heterocycles. The van der Waals surface area contributed by atoms with Crippen LogP contribution in [0.3, 0.4) is 0 Å². The number of benzene rings is 2. The van der Waals surface area contributed by atoms with Gasteiger partial charge in [0.25, 0.3) is 5.91 Å². The zero-order chi connectivity index (χ0) is 18.4. The Morgan fingerprint density at radius 2 is 1.88 bits per heavy atom. The summed E-state index contributed by atoms with van der Waals surface area (Å²) >= 11 is 5.86. The van der Waals surface area contributed by atoms with E-state index in [1.54, 1.807) is 31.3 Å². The van der Waals surface area contributed by atoms with Gasteiger partial charge in [-0.3, -0.25) is 9.59 Å². The summed E-state index contributed by atoms with van der Waals surface area (Å²) in [4.78, 5) is 25.6. The molecule has 0 unspecified atom stereocenters. The third-order valence-corrected chi connectivity index (χ3v) is 4.08. The molecular formula is C19H21ClN2O3. The lowest BCUT2D eigenvalue weighted by atomic mass is 10.1. The van der Waals surface area contributed by atoms with Gasteiger partial charge in [-0.05, 0) is 49.2 Å². The molecule has 132 valence electrons. The van der Waals surface area contributed by atoms with Crippen LogP contribution < -0.4 is 10.1 Å². The van der Waals surface area contributed by atoms with Crippen LogP contribution in [0.5, 0.6) is 5.75 Å². The smallest absolute Gasteiger partial charge is 0.260 e. The first-order valence-corrected chi connectivity index (χ1v) is 8.23. The number of aryl methyl sites for hydroxylation is 1. The summed E-state index contributed by atoms with van der Waals surface area (Å²) in [5.41, 5.74) is 2.85. The number of halogens is 1. The number of nitrogens with one attached hydrogen (secondary N) is 1. The lowest BCUT2D eigenvalue weighted by Crippen LogP contribution is -2.37. The molecule has 0 aliphatic carbocycles. The number of carbonyl (C=O) groups excluding carboxylic acids is 2. The lowest BCUT2D eigenvalue weighted by molar-refractivity contribution is -0.135. The quantitative estimate of drug-likeness (QED) is 0.858. The van der Waals surface area contributed by atoms with E-state index in [0.717, 1.165) is 16.8 Å². The third kappa shape index (κ3) is 5.50. The molecule has 25 heavy (non-hydrogen) atoms. The van der Waals surface area contributed by atoms with Crippen LogP contribution in [-0.2, 0) is 9.59 Å². The van der Waals surface area contributed by atoms with Crippen LogP contribution >= 0.6 is 11.6 Å². The number of carbonyl (C=O) groups is 2. The number of anilines is 1. The number of rotatable bonds is 6. The second-order valence-corrected chi connectivity index (χ2v) is 6.23. The van der Waals surface area contributed by atoms with Crippen molar-refractivity contribution in [2.75, 3.05) is 25.5 Å². The zero-order valence-corrected chi connectivity index (χ0v) is 15.3. The van der Waals surface area contributed by atoms with Gasteiger partial charge in [0.15, 0.2) is 6.61 Å². The fourth-order valence-corrected chi connectivity index (χ4v) is 2.37. The van der Waals surface area contributed by atoms with E-state index in [4.69, 9.17) is 16.3 Å². The molecule has 2 amide bonds. The van der Waals surface area contributed by atoms with Crippen LogP contribution in [0.4, 0.5) is 5.69 Å². The van der Waals surface area contributed by atoms with Gasteiger partial charge in [0, 0.05) is 17.8 Å². The SMILES string of the molecule is Cc1cccc(NC(=O)CN(C)C(=O)COc2cccc(Cl)c2)c1C. The Bertz CT molecular complexity index is 777. The fourth-order valence-electron chi connectivity index (χ4n) is 2.19. The topological polar surface area (TPSA) is 58.6 Å². The number of hydrogen-bond donors (Lipinski definition) is 1. The molecule has 0 aliphatic heterocycles. The van der Waals surface area contributed by atoms with Crippen LogP contribution in [0.15, 0.2) is 42.5 Å². The molecule has 0 saturated heterocycles. The van der Waals surface area contributed by atoms with Crippen molar-refractivity contribution in [2.45, 2.75) is 13.8 Å². The van der Waals surface area contributed by atoms with Crippen LogP contribution in [0.25, 0.3) is 0 Å². The predicted molar refractivity (Wildman–Crippen MR) is 99.1 cm³/mol. The maximum atomic E-state index is 12.1. The highest BCUT2D eigenvalue weighted by Crippen LogP contribution is 2.18. The molecule has 2 aromatic rings. The predicted octanol–water partition coefficient (Wildman–Crippen LogP) is 3.43. The average Bonchev–Trinajstić information content (AvgIpc) is 2.56. The monoisotopic (exact) mass is 360 g/mol. The Morgan fingerprint density at radius 1 is 1.16 bits per heavy atom. The molecule has 2 aromatic carbocycles. The van der Waals surface area contributed by atoms with Gasteiger partial charge in [-0.1, -0.05) is 29.8 Å². The van der Waals surface area contributed by atoms with Crippen molar-refractivity contribution in [3.8, 4) is 5.75 Å².